The second-order valence-electron chi connectivity index (χ2n) is 3.54. The molecule has 0 aromatic heterocycles. The zero-order chi connectivity index (χ0) is 11.3. The molecule has 4 heteroatoms. The zero-order valence-electron chi connectivity index (χ0n) is 8.52. The average molecular weight is 208 g/mol. The van der Waals surface area contributed by atoms with Gasteiger partial charge in [0.05, 0.1) is 0 Å². The summed E-state index contributed by atoms with van der Waals surface area (Å²) >= 11 is 0. The number of para-hydroxylation sites is 1. The molecule has 1 unspecified atom stereocenters. The summed E-state index contributed by atoms with van der Waals surface area (Å²) in [5.41, 5.74) is 12.9. The number of aliphatic carboxylic acids is 1. The Labute approximate surface area is 88.9 Å². The van der Waals surface area contributed by atoms with Gasteiger partial charge in [-0.25, -0.2) is 0 Å². The summed E-state index contributed by atoms with van der Waals surface area (Å²) in [5.74, 6) is -0.948. The normalized spacial score (nSPS) is 12.3. The number of hydrogen-bond acceptors (Lipinski definition) is 3. The van der Waals surface area contributed by atoms with E-state index in [0.29, 0.717) is 6.42 Å². The number of nitrogen functional groups attached to an aromatic ring is 1. The Morgan fingerprint density at radius 2 is 2.07 bits per heavy atom. The molecule has 1 rings (SSSR count). The first kappa shape index (κ1) is 11.5. The Bertz CT molecular complexity index is 339. The molecule has 5 N–H and O–H groups in total. The van der Waals surface area contributed by atoms with Crippen molar-refractivity contribution in [1.82, 2.24) is 0 Å². The van der Waals surface area contributed by atoms with E-state index in [-0.39, 0.29) is 0 Å². The van der Waals surface area contributed by atoms with E-state index >= 15 is 0 Å². The molecule has 0 spiro atoms. The Morgan fingerprint density at radius 3 is 2.67 bits per heavy atom. The van der Waals surface area contributed by atoms with E-state index in [1.807, 2.05) is 24.3 Å². The summed E-state index contributed by atoms with van der Waals surface area (Å²) < 4.78 is 0. The van der Waals surface area contributed by atoms with Gasteiger partial charge in [-0.2, -0.15) is 0 Å². The van der Waals surface area contributed by atoms with E-state index in [1.165, 1.54) is 0 Å². The first-order valence-electron chi connectivity index (χ1n) is 4.93. The van der Waals surface area contributed by atoms with Crippen molar-refractivity contribution in [3.63, 3.8) is 0 Å². The molecule has 0 radical (unpaired) electrons. The maximum Gasteiger partial charge on any atom is 0.320 e. The SMILES string of the molecule is Nc1ccccc1CCCC(N)C(=O)O. The van der Waals surface area contributed by atoms with Crippen molar-refractivity contribution in [2.75, 3.05) is 5.73 Å². The molecule has 1 aromatic rings. The molecule has 0 amide bonds. The quantitative estimate of drug-likeness (QED) is 0.630. The highest BCUT2D eigenvalue weighted by atomic mass is 16.4. The third kappa shape index (κ3) is 3.59. The summed E-state index contributed by atoms with van der Waals surface area (Å²) in [7, 11) is 0. The lowest BCUT2D eigenvalue weighted by molar-refractivity contribution is -0.138. The highest BCUT2D eigenvalue weighted by Gasteiger charge is 2.10. The van der Waals surface area contributed by atoms with Gasteiger partial charge in [-0.15, -0.1) is 0 Å². The fourth-order valence-corrected chi connectivity index (χ4v) is 1.40. The number of nitrogens with two attached hydrogens (primary N) is 2. The van der Waals surface area contributed by atoms with Crippen molar-refractivity contribution in [1.29, 1.82) is 0 Å². The van der Waals surface area contributed by atoms with Gasteiger partial charge >= 0.3 is 5.97 Å². The molecule has 0 aliphatic carbocycles. The smallest absolute Gasteiger partial charge is 0.320 e. The number of aryl methyl sites for hydroxylation is 1. The Morgan fingerprint density at radius 1 is 1.40 bits per heavy atom. The minimum atomic E-state index is -0.948. The van der Waals surface area contributed by atoms with E-state index in [2.05, 4.69) is 0 Å². The topological polar surface area (TPSA) is 89.3 Å². The van der Waals surface area contributed by atoms with Gasteiger partial charge in [0.2, 0.25) is 0 Å². The lowest BCUT2D eigenvalue weighted by Gasteiger charge is -2.07. The number of rotatable bonds is 5. The van der Waals surface area contributed by atoms with Crippen molar-refractivity contribution in [3.8, 4) is 0 Å². The van der Waals surface area contributed by atoms with Crippen LogP contribution in [0, 0.1) is 0 Å². The fraction of sp³-hybridized carbons (Fsp3) is 0.364. The number of hydrogen-bond donors (Lipinski definition) is 3. The molecule has 0 heterocycles. The summed E-state index contributed by atoms with van der Waals surface area (Å²) in [6.07, 6.45) is 1.99. The van der Waals surface area contributed by atoms with E-state index in [1.54, 1.807) is 0 Å². The summed E-state index contributed by atoms with van der Waals surface area (Å²) in [6.45, 7) is 0. The largest absolute Gasteiger partial charge is 0.480 e. The van der Waals surface area contributed by atoms with Crippen molar-refractivity contribution < 1.29 is 9.90 Å². The van der Waals surface area contributed by atoms with Gasteiger partial charge in [0, 0.05) is 5.69 Å². The lowest BCUT2D eigenvalue weighted by atomic mass is 10.0. The van der Waals surface area contributed by atoms with Crippen LogP contribution in [0.5, 0.6) is 0 Å². The standard InChI is InChI=1S/C11H16N2O2/c12-9-6-2-1-4-8(9)5-3-7-10(13)11(14)15/h1-2,4,6,10H,3,5,7,12-13H2,(H,14,15). The van der Waals surface area contributed by atoms with Crippen LogP contribution in [0.25, 0.3) is 0 Å². The molecule has 82 valence electrons. The van der Waals surface area contributed by atoms with Crippen molar-refractivity contribution in [2.24, 2.45) is 5.73 Å². The van der Waals surface area contributed by atoms with Gasteiger partial charge in [0.25, 0.3) is 0 Å². The highest BCUT2D eigenvalue weighted by molar-refractivity contribution is 5.72. The summed E-state index contributed by atoms with van der Waals surface area (Å²) in [5, 5.41) is 8.58. The molecule has 1 atom stereocenters. The molecule has 0 bridgehead atoms. The van der Waals surface area contributed by atoms with Crippen molar-refractivity contribution in [2.45, 2.75) is 25.3 Å². The number of carboxylic acid groups (broad SMARTS) is 1. The van der Waals surface area contributed by atoms with Gasteiger partial charge < -0.3 is 16.6 Å². The van der Waals surface area contributed by atoms with Gasteiger partial charge in [-0.1, -0.05) is 18.2 Å². The van der Waals surface area contributed by atoms with Crippen molar-refractivity contribution in [3.05, 3.63) is 29.8 Å². The van der Waals surface area contributed by atoms with Gasteiger partial charge in [0.15, 0.2) is 0 Å². The molecule has 0 aliphatic heterocycles. The molecule has 15 heavy (non-hydrogen) atoms. The predicted molar refractivity (Wildman–Crippen MR) is 59.4 cm³/mol. The Hall–Kier alpha value is -1.55. The minimum Gasteiger partial charge on any atom is -0.480 e. The third-order valence-electron chi connectivity index (χ3n) is 2.33. The average Bonchev–Trinajstić information content (AvgIpc) is 2.20. The number of anilines is 1. The molecular formula is C11H16N2O2. The maximum atomic E-state index is 10.5. The van der Waals surface area contributed by atoms with E-state index < -0.39 is 12.0 Å². The number of carboxylic acids is 1. The van der Waals surface area contributed by atoms with E-state index in [0.717, 1.165) is 24.1 Å². The van der Waals surface area contributed by atoms with Gasteiger partial charge in [-0.3, -0.25) is 4.79 Å². The third-order valence-corrected chi connectivity index (χ3v) is 2.33. The molecular weight excluding hydrogens is 192 g/mol. The predicted octanol–water partition coefficient (Wildman–Crippen LogP) is 1.00. The van der Waals surface area contributed by atoms with Crippen LogP contribution in [-0.2, 0) is 11.2 Å². The molecule has 1 aromatic carbocycles. The van der Waals surface area contributed by atoms with Crippen LogP contribution in [0.2, 0.25) is 0 Å². The molecule has 4 nitrogen and oxygen atoms in total. The number of carbonyl (C=O) groups is 1. The van der Waals surface area contributed by atoms with E-state index in [9.17, 15) is 4.79 Å². The van der Waals surface area contributed by atoms with Gasteiger partial charge in [-0.05, 0) is 30.9 Å². The fourth-order valence-electron chi connectivity index (χ4n) is 1.40. The molecule has 0 saturated heterocycles. The molecule has 0 saturated carbocycles. The van der Waals surface area contributed by atoms with Crippen LogP contribution in [0.15, 0.2) is 24.3 Å². The second kappa shape index (κ2) is 5.36. The maximum absolute atomic E-state index is 10.5. The molecule has 0 aliphatic rings. The Balaban J connectivity index is 2.38. The number of benzene rings is 1. The van der Waals surface area contributed by atoms with Gasteiger partial charge in [0.1, 0.15) is 6.04 Å². The van der Waals surface area contributed by atoms with Crippen LogP contribution in [0.3, 0.4) is 0 Å². The molecule has 0 fully saturated rings. The monoisotopic (exact) mass is 208 g/mol. The van der Waals surface area contributed by atoms with Crippen LogP contribution >= 0.6 is 0 Å². The van der Waals surface area contributed by atoms with Crippen LogP contribution < -0.4 is 11.5 Å². The Kier molecular flexibility index (Phi) is 4.12. The minimum absolute atomic E-state index is 0.476. The van der Waals surface area contributed by atoms with Crippen molar-refractivity contribution >= 4 is 11.7 Å². The zero-order valence-corrected chi connectivity index (χ0v) is 8.52. The van der Waals surface area contributed by atoms with E-state index in [4.69, 9.17) is 16.6 Å². The van der Waals surface area contributed by atoms with Crippen LogP contribution in [0.1, 0.15) is 18.4 Å². The highest BCUT2D eigenvalue weighted by Crippen LogP contribution is 2.13. The lowest BCUT2D eigenvalue weighted by Crippen LogP contribution is -2.29. The summed E-state index contributed by atoms with van der Waals surface area (Å²) in [6, 6.07) is 6.81. The first-order chi connectivity index (χ1) is 7.11. The first-order valence-corrected chi connectivity index (χ1v) is 4.93. The van der Waals surface area contributed by atoms with Crippen LogP contribution in [0.4, 0.5) is 5.69 Å². The second-order valence-corrected chi connectivity index (χ2v) is 3.54. The summed E-state index contributed by atoms with van der Waals surface area (Å²) in [4.78, 5) is 10.5. The van der Waals surface area contributed by atoms with Crippen LogP contribution in [-0.4, -0.2) is 17.1 Å².